The molecule has 6 nitrogen and oxygen atoms in total. The number of nitro groups is 1. The lowest BCUT2D eigenvalue weighted by Gasteiger charge is -2.44. The van der Waals surface area contributed by atoms with Crippen molar-refractivity contribution in [3.05, 3.63) is 39.9 Å². The zero-order valence-electron chi connectivity index (χ0n) is 15.8. The zero-order chi connectivity index (χ0) is 18.7. The maximum Gasteiger partial charge on any atom is 0.269 e. The van der Waals surface area contributed by atoms with Gasteiger partial charge in [0.25, 0.3) is 5.69 Å². The van der Waals surface area contributed by atoms with Crippen molar-refractivity contribution in [3.8, 4) is 0 Å². The molecule has 1 aromatic rings. The summed E-state index contributed by atoms with van der Waals surface area (Å²) >= 11 is 1.66. The van der Waals surface area contributed by atoms with Crippen molar-refractivity contribution in [1.82, 2.24) is 10.2 Å². The first-order valence-electron chi connectivity index (χ1n) is 9.21. The number of hydrogen-bond donors (Lipinski definition) is 1. The van der Waals surface area contributed by atoms with E-state index in [1.165, 1.54) is 19.3 Å². The fourth-order valence-electron chi connectivity index (χ4n) is 4.21. The number of rotatable bonds is 4. The van der Waals surface area contributed by atoms with Gasteiger partial charge < -0.3 is 5.32 Å². The van der Waals surface area contributed by atoms with E-state index in [9.17, 15) is 10.1 Å². The lowest BCUT2D eigenvalue weighted by molar-refractivity contribution is -0.384. The molecule has 0 amide bonds. The molecule has 0 spiro atoms. The number of benzene rings is 1. The second kappa shape index (κ2) is 7.96. The van der Waals surface area contributed by atoms with Crippen LogP contribution in [-0.4, -0.2) is 34.4 Å². The Labute approximate surface area is 159 Å². The molecule has 1 saturated carbocycles. The Morgan fingerprint density at radius 1 is 1.35 bits per heavy atom. The number of hydrogen-bond acceptors (Lipinski definition) is 6. The van der Waals surface area contributed by atoms with Crippen molar-refractivity contribution in [2.24, 2.45) is 16.3 Å². The van der Waals surface area contributed by atoms with Crippen LogP contribution >= 0.6 is 11.8 Å². The summed E-state index contributed by atoms with van der Waals surface area (Å²) in [4.78, 5) is 17.5. The monoisotopic (exact) mass is 376 g/mol. The van der Waals surface area contributed by atoms with Crippen molar-refractivity contribution >= 4 is 22.6 Å². The van der Waals surface area contributed by atoms with E-state index in [4.69, 9.17) is 4.99 Å². The third-order valence-electron chi connectivity index (χ3n) is 5.23. The number of non-ortho nitro benzene ring substituents is 1. The zero-order valence-corrected chi connectivity index (χ0v) is 16.6. The van der Waals surface area contributed by atoms with Gasteiger partial charge >= 0.3 is 0 Å². The highest BCUT2D eigenvalue weighted by molar-refractivity contribution is 8.13. The van der Waals surface area contributed by atoms with Crippen molar-refractivity contribution in [1.29, 1.82) is 0 Å². The highest BCUT2D eigenvalue weighted by atomic mass is 32.2. The molecule has 3 rings (SSSR count). The number of nitrogens with one attached hydrogen (secondary N) is 1. The van der Waals surface area contributed by atoms with Gasteiger partial charge in [0.2, 0.25) is 0 Å². The molecule has 0 unspecified atom stereocenters. The summed E-state index contributed by atoms with van der Waals surface area (Å²) in [6, 6.07) is 7.34. The summed E-state index contributed by atoms with van der Waals surface area (Å²) in [6.07, 6.45) is 3.80. The van der Waals surface area contributed by atoms with Crippen molar-refractivity contribution in [2.45, 2.75) is 51.8 Å². The second-order valence-electron chi connectivity index (χ2n) is 8.31. The van der Waals surface area contributed by atoms with Gasteiger partial charge in [-0.3, -0.25) is 15.0 Å². The maximum absolute atomic E-state index is 10.7. The van der Waals surface area contributed by atoms with Crippen LogP contribution in [0.3, 0.4) is 0 Å². The molecule has 26 heavy (non-hydrogen) atoms. The van der Waals surface area contributed by atoms with Gasteiger partial charge in [0.1, 0.15) is 0 Å². The smallest absolute Gasteiger partial charge is 0.269 e. The Morgan fingerprint density at radius 2 is 2.08 bits per heavy atom. The summed E-state index contributed by atoms with van der Waals surface area (Å²) in [5, 5.41) is 15.1. The number of thioether (sulfide) groups is 1. The molecule has 0 bridgehead atoms. The van der Waals surface area contributed by atoms with Crippen LogP contribution in [0.5, 0.6) is 0 Å². The molecule has 7 heteroatoms. The van der Waals surface area contributed by atoms with Gasteiger partial charge in [0.05, 0.1) is 18.3 Å². The van der Waals surface area contributed by atoms with Crippen molar-refractivity contribution < 1.29 is 4.92 Å². The largest absolute Gasteiger partial charge is 0.352 e. The topological polar surface area (TPSA) is 70.8 Å². The molecule has 1 aliphatic heterocycles. The average molecular weight is 377 g/mol. The Kier molecular flexibility index (Phi) is 5.87. The molecule has 1 aliphatic carbocycles. The van der Waals surface area contributed by atoms with Crippen LogP contribution in [-0.2, 0) is 5.75 Å². The van der Waals surface area contributed by atoms with E-state index in [1.54, 1.807) is 23.9 Å². The van der Waals surface area contributed by atoms with Gasteiger partial charge in [0, 0.05) is 23.9 Å². The predicted octanol–water partition coefficient (Wildman–Crippen LogP) is 4.22. The summed E-state index contributed by atoms with van der Waals surface area (Å²) in [5.74, 6) is 1.53. The van der Waals surface area contributed by atoms with E-state index < -0.39 is 0 Å². The van der Waals surface area contributed by atoms with Crippen LogP contribution in [0.25, 0.3) is 0 Å². The molecule has 1 heterocycles. The molecule has 2 atom stereocenters. The molecule has 0 radical (unpaired) electrons. The third kappa shape index (κ3) is 4.98. The number of nitro benzene ring substituents is 1. The molecule has 1 aromatic carbocycles. The molecule has 2 aliphatic rings. The molecule has 142 valence electrons. The van der Waals surface area contributed by atoms with Gasteiger partial charge in [-0.1, -0.05) is 44.7 Å². The lowest BCUT2D eigenvalue weighted by atomic mass is 9.70. The quantitative estimate of drug-likeness (QED) is 0.629. The van der Waals surface area contributed by atoms with E-state index in [0.29, 0.717) is 11.5 Å². The van der Waals surface area contributed by atoms with Crippen molar-refractivity contribution in [2.75, 3.05) is 13.3 Å². The third-order valence-corrected chi connectivity index (χ3v) is 6.26. The Balaban J connectivity index is 1.51. The van der Waals surface area contributed by atoms with Gasteiger partial charge in [-0.05, 0) is 36.2 Å². The number of aliphatic imine (C=N–C) groups is 1. The van der Waals surface area contributed by atoms with Crippen LogP contribution in [0.1, 0.15) is 45.6 Å². The van der Waals surface area contributed by atoms with E-state index in [2.05, 4.69) is 31.0 Å². The Hall–Kier alpha value is -1.60. The molecule has 0 aromatic heterocycles. The van der Waals surface area contributed by atoms with Crippen LogP contribution in [0.15, 0.2) is 29.3 Å². The van der Waals surface area contributed by atoms with Crippen molar-refractivity contribution in [3.63, 3.8) is 0 Å². The Bertz CT molecular complexity index is 675. The minimum Gasteiger partial charge on any atom is -0.352 e. The van der Waals surface area contributed by atoms with E-state index in [0.717, 1.165) is 35.7 Å². The average Bonchev–Trinajstić information content (AvgIpc) is 2.59. The van der Waals surface area contributed by atoms with Crippen LogP contribution in [0.2, 0.25) is 0 Å². The standard InChI is InChI=1S/C19H28N4O2S/c1-14-8-17(10-19(2,3)9-14)22-12-20-18(21-13-22)26-11-15-4-6-16(7-5-15)23(24)25/h4-7,14,17H,8-13H2,1-3H3,(H,20,21)/t14-,17+/m0/s1. The normalized spacial score (nSPS) is 26.0. The first kappa shape index (κ1) is 19.2. The van der Waals surface area contributed by atoms with Gasteiger partial charge in [0.15, 0.2) is 5.17 Å². The van der Waals surface area contributed by atoms with Gasteiger partial charge in [-0.2, -0.15) is 0 Å². The summed E-state index contributed by atoms with van der Waals surface area (Å²) in [7, 11) is 0. The summed E-state index contributed by atoms with van der Waals surface area (Å²) in [5.41, 5.74) is 1.61. The molecular weight excluding hydrogens is 348 g/mol. The van der Waals surface area contributed by atoms with Crippen LogP contribution in [0, 0.1) is 21.4 Å². The molecule has 1 N–H and O–H groups in total. The summed E-state index contributed by atoms with van der Waals surface area (Å²) in [6.45, 7) is 8.71. The summed E-state index contributed by atoms with van der Waals surface area (Å²) < 4.78 is 0. The SMILES string of the molecule is C[C@H]1C[C@@H](N2CN=C(SCc3ccc([N+](=O)[O-])cc3)NC2)CC(C)(C)C1. The van der Waals surface area contributed by atoms with Crippen LogP contribution in [0.4, 0.5) is 5.69 Å². The van der Waals surface area contributed by atoms with Gasteiger partial charge in [-0.25, -0.2) is 4.99 Å². The fourth-order valence-corrected chi connectivity index (χ4v) is 5.02. The first-order chi connectivity index (χ1) is 12.3. The minimum atomic E-state index is -0.369. The first-order valence-corrected chi connectivity index (χ1v) is 10.2. The highest BCUT2D eigenvalue weighted by Crippen LogP contribution is 2.40. The second-order valence-corrected chi connectivity index (χ2v) is 9.27. The molecular formula is C19H28N4O2S. The van der Waals surface area contributed by atoms with Gasteiger partial charge in [-0.15, -0.1) is 0 Å². The minimum absolute atomic E-state index is 0.132. The molecule has 1 fully saturated rings. The van der Waals surface area contributed by atoms with E-state index in [1.807, 2.05) is 12.1 Å². The maximum atomic E-state index is 10.7. The predicted molar refractivity (Wildman–Crippen MR) is 107 cm³/mol. The lowest BCUT2D eigenvalue weighted by Crippen LogP contribution is -2.50. The van der Waals surface area contributed by atoms with E-state index in [-0.39, 0.29) is 10.6 Å². The number of amidine groups is 1. The van der Waals surface area contributed by atoms with Crippen LogP contribution < -0.4 is 5.32 Å². The Morgan fingerprint density at radius 3 is 2.65 bits per heavy atom. The molecule has 0 saturated heterocycles. The number of nitrogens with zero attached hydrogens (tertiary/aromatic N) is 3. The highest BCUT2D eigenvalue weighted by Gasteiger charge is 2.35. The van der Waals surface area contributed by atoms with E-state index >= 15 is 0 Å². The fraction of sp³-hybridized carbons (Fsp3) is 0.632.